The Hall–Kier alpha value is -3.66. The minimum absolute atomic E-state index is 0.0505. The van der Waals surface area contributed by atoms with Gasteiger partial charge in [0.15, 0.2) is 5.65 Å². The van der Waals surface area contributed by atoms with Gasteiger partial charge >= 0.3 is 0 Å². The number of aliphatic hydroxyl groups is 1. The fourth-order valence-corrected chi connectivity index (χ4v) is 6.47. The van der Waals surface area contributed by atoms with Gasteiger partial charge in [-0.2, -0.15) is 4.98 Å². The van der Waals surface area contributed by atoms with E-state index in [0.29, 0.717) is 48.5 Å². The number of carbonyl (C=O) groups excluding carboxylic acids is 1. The van der Waals surface area contributed by atoms with Crippen LogP contribution in [0.1, 0.15) is 55.5 Å². The van der Waals surface area contributed by atoms with Crippen molar-refractivity contribution in [3.05, 3.63) is 83.0 Å². The highest BCUT2D eigenvalue weighted by Gasteiger charge is 2.35. The van der Waals surface area contributed by atoms with Gasteiger partial charge in [-0.3, -0.25) is 4.79 Å². The van der Waals surface area contributed by atoms with E-state index in [9.17, 15) is 9.90 Å². The van der Waals surface area contributed by atoms with Gasteiger partial charge in [-0.05, 0) is 93.6 Å². The number of carbonyl (C=O) groups is 1. The van der Waals surface area contributed by atoms with Crippen molar-refractivity contribution in [2.45, 2.75) is 57.2 Å². The summed E-state index contributed by atoms with van der Waals surface area (Å²) in [6.45, 7) is 7.89. The molecular weight excluding hydrogens is 562 g/mol. The predicted octanol–water partition coefficient (Wildman–Crippen LogP) is 5.56. The van der Waals surface area contributed by atoms with Crippen LogP contribution >= 0.6 is 11.6 Å². The highest BCUT2D eigenvalue weighted by Crippen LogP contribution is 2.36. The maximum atomic E-state index is 13.2. The molecule has 0 radical (unpaired) electrons. The largest absolute Gasteiger partial charge is 0.385 e. The number of likely N-dealkylation sites (tertiary alicyclic amines) is 1. The smallest absolute Gasteiger partial charge is 0.253 e. The summed E-state index contributed by atoms with van der Waals surface area (Å²) in [6, 6.07) is 19.8. The Labute approximate surface area is 258 Å². The fourth-order valence-electron chi connectivity index (χ4n) is 6.34. The number of halogens is 1. The first kappa shape index (κ1) is 29.4. The predicted molar refractivity (Wildman–Crippen MR) is 171 cm³/mol. The second-order valence-corrected chi connectivity index (χ2v) is 12.5. The minimum Gasteiger partial charge on any atom is -0.385 e. The Morgan fingerprint density at radius 2 is 1.70 bits per heavy atom. The molecule has 0 aliphatic carbocycles. The summed E-state index contributed by atoms with van der Waals surface area (Å²) in [5, 5.41) is 19.9. The van der Waals surface area contributed by atoms with Crippen molar-refractivity contribution in [2.24, 2.45) is 0 Å². The third-order valence-corrected chi connectivity index (χ3v) is 9.39. The van der Waals surface area contributed by atoms with Gasteiger partial charge in [-0.1, -0.05) is 23.7 Å². The molecule has 0 spiro atoms. The van der Waals surface area contributed by atoms with Crippen molar-refractivity contribution in [3.63, 3.8) is 0 Å². The molecule has 0 saturated carbocycles. The maximum absolute atomic E-state index is 13.2. The second kappa shape index (κ2) is 12.1. The van der Waals surface area contributed by atoms with Crippen LogP contribution in [-0.4, -0.2) is 80.7 Å². The van der Waals surface area contributed by atoms with E-state index in [-0.39, 0.29) is 11.9 Å². The number of aromatic nitrogens is 3. The van der Waals surface area contributed by atoms with Crippen LogP contribution in [0.5, 0.6) is 0 Å². The van der Waals surface area contributed by atoms with E-state index in [1.807, 2.05) is 78.8 Å². The molecule has 2 aromatic heterocycles. The third kappa shape index (κ3) is 6.20. The van der Waals surface area contributed by atoms with Gasteiger partial charge in [0.25, 0.3) is 5.91 Å². The first-order valence-electron chi connectivity index (χ1n) is 15.2. The molecule has 4 heterocycles. The van der Waals surface area contributed by atoms with E-state index in [0.717, 1.165) is 48.5 Å². The zero-order valence-electron chi connectivity index (χ0n) is 25.1. The molecule has 2 N–H and O–H groups in total. The first-order chi connectivity index (χ1) is 20.7. The molecular formula is C33H40ClN7O2. The van der Waals surface area contributed by atoms with Crippen LogP contribution < -0.4 is 10.2 Å². The number of hydrogen-bond donors (Lipinski definition) is 2. The number of amides is 1. The van der Waals surface area contributed by atoms with Gasteiger partial charge in [0.1, 0.15) is 0 Å². The maximum Gasteiger partial charge on any atom is 0.253 e. The zero-order chi connectivity index (χ0) is 30.1. The van der Waals surface area contributed by atoms with Gasteiger partial charge in [-0.25, -0.2) is 4.52 Å². The zero-order valence-corrected chi connectivity index (χ0v) is 25.8. The number of nitrogens with zero attached hydrogens (tertiary/aromatic N) is 6. The number of benzene rings is 2. The Balaban J connectivity index is 1.10. The van der Waals surface area contributed by atoms with Gasteiger partial charge in [-0.15, -0.1) is 5.10 Å². The molecule has 0 bridgehead atoms. The number of fused-ring (bicyclic) bond motifs is 1. The highest BCUT2D eigenvalue weighted by molar-refractivity contribution is 6.30. The molecule has 43 heavy (non-hydrogen) atoms. The molecule has 226 valence electrons. The van der Waals surface area contributed by atoms with Crippen molar-refractivity contribution in [2.75, 3.05) is 43.4 Å². The number of anilines is 3. The fraction of sp³-hybridized carbons (Fsp3) is 0.424. The lowest BCUT2D eigenvalue weighted by Crippen LogP contribution is -2.47. The van der Waals surface area contributed by atoms with Crippen molar-refractivity contribution in [3.8, 4) is 0 Å². The molecule has 2 fully saturated rings. The van der Waals surface area contributed by atoms with Crippen molar-refractivity contribution >= 4 is 40.5 Å². The molecule has 4 aromatic rings. The first-order valence-corrected chi connectivity index (χ1v) is 15.5. The quantitative estimate of drug-likeness (QED) is 0.287. The SMILES string of the molecule is CC(C)N1CCC(N(C)C(=O)c2ccc(Nc3nc4c(N5CCC(O)(c6ccc(Cl)cc6)CC5)cccn4n3)cc2)CC1. The summed E-state index contributed by atoms with van der Waals surface area (Å²) >= 11 is 6.05. The lowest BCUT2D eigenvalue weighted by Gasteiger charge is -2.39. The minimum atomic E-state index is -0.875. The van der Waals surface area contributed by atoms with E-state index in [1.165, 1.54) is 0 Å². The van der Waals surface area contributed by atoms with Gasteiger partial charge in [0.05, 0.1) is 11.3 Å². The average Bonchev–Trinajstić information content (AvgIpc) is 3.44. The van der Waals surface area contributed by atoms with Crippen LogP contribution in [0.3, 0.4) is 0 Å². The number of rotatable bonds is 7. The molecule has 1 amide bonds. The lowest BCUT2D eigenvalue weighted by molar-refractivity contribution is 0.0118. The summed E-state index contributed by atoms with van der Waals surface area (Å²) in [6.07, 6.45) is 5.09. The van der Waals surface area contributed by atoms with Crippen molar-refractivity contribution < 1.29 is 9.90 Å². The van der Waals surface area contributed by atoms with Crippen LogP contribution in [0.4, 0.5) is 17.3 Å². The van der Waals surface area contributed by atoms with E-state index in [1.54, 1.807) is 4.52 Å². The standard InChI is InChI=1S/C33H40ClN7O2/c1-23(2)39-19-14-28(15-20-39)38(3)31(42)24-6-12-27(13-7-24)35-32-36-30-29(5-4-18-41(30)37-32)40-21-16-33(43,17-22-40)25-8-10-26(34)11-9-25/h4-13,18,23,28,43H,14-17,19-22H2,1-3H3,(H,35,37). The average molecular weight is 602 g/mol. The molecule has 0 atom stereocenters. The summed E-state index contributed by atoms with van der Waals surface area (Å²) in [4.78, 5) is 24.6. The molecule has 6 rings (SSSR count). The topological polar surface area (TPSA) is 89.2 Å². The van der Waals surface area contributed by atoms with Crippen LogP contribution in [-0.2, 0) is 5.60 Å². The molecule has 2 aliphatic heterocycles. The van der Waals surface area contributed by atoms with E-state index in [4.69, 9.17) is 16.6 Å². The van der Waals surface area contributed by atoms with Crippen molar-refractivity contribution in [1.82, 2.24) is 24.4 Å². The monoisotopic (exact) mass is 601 g/mol. The molecule has 0 unspecified atom stereocenters. The summed E-state index contributed by atoms with van der Waals surface area (Å²) < 4.78 is 1.77. The van der Waals surface area contributed by atoms with E-state index >= 15 is 0 Å². The lowest BCUT2D eigenvalue weighted by atomic mass is 9.84. The van der Waals surface area contributed by atoms with Crippen LogP contribution in [0, 0.1) is 0 Å². The third-order valence-electron chi connectivity index (χ3n) is 9.14. The van der Waals surface area contributed by atoms with Crippen molar-refractivity contribution in [1.29, 1.82) is 0 Å². The Morgan fingerprint density at radius 1 is 1.02 bits per heavy atom. The molecule has 2 aliphatic rings. The number of hydrogen-bond acceptors (Lipinski definition) is 7. The van der Waals surface area contributed by atoms with Crippen LogP contribution in [0.2, 0.25) is 5.02 Å². The number of piperidine rings is 2. The highest BCUT2D eigenvalue weighted by atomic mass is 35.5. The summed E-state index contributed by atoms with van der Waals surface area (Å²) in [5.41, 5.74) is 3.24. The summed E-state index contributed by atoms with van der Waals surface area (Å²) in [5.74, 6) is 0.532. The Morgan fingerprint density at radius 3 is 2.35 bits per heavy atom. The van der Waals surface area contributed by atoms with Crippen LogP contribution in [0.15, 0.2) is 66.9 Å². The molecule has 2 saturated heterocycles. The van der Waals surface area contributed by atoms with Crippen LogP contribution in [0.25, 0.3) is 5.65 Å². The van der Waals surface area contributed by atoms with Gasteiger partial charge in [0, 0.05) is 67.8 Å². The Bertz CT molecular complexity index is 1550. The van der Waals surface area contributed by atoms with E-state index < -0.39 is 5.60 Å². The molecule has 10 heteroatoms. The molecule has 9 nitrogen and oxygen atoms in total. The molecule has 2 aromatic carbocycles. The van der Waals surface area contributed by atoms with Gasteiger partial charge in [0.2, 0.25) is 5.95 Å². The number of pyridine rings is 1. The van der Waals surface area contributed by atoms with E-state index in [2.05, 4.69) is 34.1 Å². The van der Waals surface area contributed by atoms with Gasteiger partial charge < -0.3 is 25.1 Å². The normalized spacial score (nSPS) is 17.9. The second-order valence-electron chi connectivity index (χ2n) is 12.1. The summed E-state index contributed by atoms with van der Waals surface area (Å²) in [7, 11) is 1.92. The Kier molecular flexibility index (Phi) is 8.31. The number of nitrogens with one attached hydrogen (secondary N) is 1.